The molecule has 1 rings (SSSR count). The Kier molecular flexibility index (Phi) is 4.28. The average Bonchev–Trinajstić information content (AvgIpc) is 2.25. The van der Waals surface area contributed by atoms with Gasteiger partial charge in [-0.05, 0) is 24.6 Å². The summed E-state index contributed by atoms with van der Waals surface area (Å²) >= 11 is 0. The monoisotopic (exact) mass is 225 g/mol. The standard InChI is InChI=1S/C11H15NO4/c1-7-2-3-9(10(15)4-7)11(16)12-5-8(14)6-13/h2-4,8,13-15H,5-6H2,1H3,(H,12,16). The van der Waals surface area contributed by atoms with Crippen molar-refractivity contribution in [3.05, 3.63) is 29.3 Å². The minimum atomic E-state index is -0.989. The van der Waals surface area contributed by atoms with Crippen molar-refractivity contribution in [3.8, 4) is 5.75 Å². The number of aliphatic hydroxyl groups excluding tert-OH is 2. The van der Waals surface area contributed by atoms with Crippen molar-refractivity contribution in [2.24, 2.45) is 0 Å². The van der Waals surface area contributed by atoms with Crippen molar-refractivity contribution >= 4 is 5.91 Å². The Bertz CT molecular complexity index is 378. The van der Waals surface area contributed by atoms with Crippen LogP contribution in [0.3, 0.4) is 0 Å². The Morgan fingerprint density at radius 1 is 1.50 bits per heavy atom. The van der Waals surface area contributed by atoms with Gasteiger partial charge in [0, 0.05) is 6.54 Å². The van der Waals surface area contributed by atoms with Crippen LogP contribution in [0.4, 0.5) is 0 Å². The van der Waals surface area contributed by atoms with E-state index >= 15 is 0 Å². The van der Waals surface area contributed by atoms with Crippen molar-refractivity contribution < 1.29 is 20.1 Å². The highest BCUT2D eigenvalue weighted by atomic mass is 16.3. The van der Waals surface area contributed by atoms with Crippen LogP contribution in [0.15, 0.2) is 18.2 Å². The number of amides is 1. The maximum absolute atomic E-state index is 11.5. The number of rotatable bonds is 4. The van der Waals surface area contributed by atoms with E-state index < -0.39 is 18.6 Å². The summed E-state index contributed by atoms with van der Waals surface area (Å²) in [7, 11) is 0. The summed E-state index contributed by atoms with van der Waals surface area (Å²) < 4.78 is 0. The van der Waals surface area contributed by atoms with Gasteiger partial charge in [-0.1, -0.05) is 6.07 Å². The molecule has 0 heterocycles. The predicted molar refractivity (Wildman–Crippen MR) is 58.3 cm³/mol. The zero-order chi connectivity index (χ0) is 12.1. The van der Waals surface area contributed by atoms with Crippen molar-refractivity contribution in [2.75, 3.05) is 13.2 Å². The second-order valence-corrected chi connectivity index (χ2v) is 3.57. The molecule has 0 aliphatic heterocycles. The van der Waals surface area contributed by atoms with Crippen LogP contribution in [0.25, 0.3) is 0 Å². The molecule has 0 aromatic heterocycles. The third kappa shape index (κ3) is 3.22. The first-order chi connectivity index (χ1) is 7.54. The number of hydrogen-bond donors (Lipinski definition) is 4. The van der Waals surface area contributed by atoms with Gasteiger partial charge in [0.25, 0.3) is 5.91 Å². The van der Waals surface area contributed by atoms with Gasteiger partial charge in [0.1, 0.15) is 5.75 Å². The number of aryl methyl sites for hydroxylation is 1. The molecule has 0 spiro atoms. The number of phenolic OH excluding ortho intramolecular Hbond substituents is 1. The molecule has 0 fully saturated rings. The van der Waals surface area contributed by atoms with E-state index in [1.165, 1.54) is 12.1 Å². The summed E-state index contributed by atoms with van der Waals surface area (Å²) in [5, 5.41) is 29.5. The number of carbonyl (C=O) groups excluding carboxylic acids is 1. The molecule has 4 N–H and O–H groups in total. The first-order valence-corrected chi connectivity index (χ1v) is 4.91. The third-order valence-corrected chi connectivity index (χ3v) is 2.11. The van der Waals surface area contributed by atoms with Crippen molar-refractivity contribution in [1.29, 1.82) is 0 Å². The third-order valence-electron chi connectivity index (χ3n) is 2.11. The van der Waals surface area contributed by atoms with Crippen molar-refractivity contribution in [3.63, 3.8) is 0 Å². The van der Waals surface area contributed by atoms with Crippen LogP contribution in [0.5, 0.6) is 5.75 Å². The van der Waals surface area contributed by atoms with Crippen LogP contribution in [-0.2, 0) is 0 Å². The molecule has 0 saturated carbocycles. The molecule has 1 amide bonds. The molecule has 5 nitrogen and oxygen atoms in total. The topological polar surface area (TPSA) is 89.8 Å². The smallest absolute Gasteiger partial charge is 0.255 e. The molecule has 88 valence electrons. The summed E-state index contributed by atoms with van der Waals surface area (Å²) in [5.74, 6) is -0.582. The molecule has 0 aliphatic carbocycles. The van der Waals surface area contributed by atoms with Gasteiger partial charge in [-0.15, -0.1) is 0 Å². The second kappa shape index (κ2) is 5.48. The van der Waals surface area contributed by atoms with Gasteiger partial charge in [-0.2, -0.15) is 0 Å². The highest BCUT2D eigenvalue weighted by Gasteiger charge is 2.12. The molecule has 1 aromatic carbocycles. The molecule has 0 bridgehead atoms. The lowest BCUT2D eigenvalue weighted by atomic mass is 10.1. The van der Waals surface area contributed by atoms with Gasteiger partial charge in [0.2, 0.25) is 0 Å². The summed E-state index contributed by atoms with van der Waals surface area (Å²) in [6, 6.07) is 4.69. The van der Waals surface area contributed by atoms with Crippen LogP contribution in [-0.4, -0.2) is 40.5 Å². The summed E-state index contributed by atoms with van der Waals surface area (Å²) in [6.45, 7) is 1.33. The zero-order valence-electron chi connectivity index (χ0n) is 8.97. The maximum atomic E-state index is 11.5. The lowest BCUT2D eigenvalue weighted by molar-refractivity contribution is 0.0800. The number of phenols is 1. The van der Waals surface area contributed by atoms with E-state index in [2.05, 4.69) is 5.32 Å². The largest absolute Gasteiger partial charge is 0.507 e. The number of aliphatic hydroxyl groups is 2. The quantitative estimate of drug-likeness (QED) is 0.570. The van der Waals surface area contributed by atoms with E-state index in [-0.39, 0.29) is 17.9 Å². The van der Waals surface area contributed by atoms with Gasteiger partial charge < -0.3 is 20.6 Å². The van der Waals surface area contributed by atoms with Gasteiger partial charge in [-0.3, -0.25) is 4.79 Å². The SMILES string of the molecule is Cc1ccc(C(=O)NCC(O)CO)c(O)c1. The molecule has 1 atom stereocenters. The van der Waals surface area contributed by atoms with Crippen LogP contribution < -0.4 is 5.32 Å². The van der Waals surface area contributed by atoms with Crippen LogP contribution in [0, 0.1) is 6.92 Å². The minimum Gasteiger partial charge on any atom is -0.507 e. The van der Waals surface area contributed by atoms with E-state index in [1.807, 2.05) is 0 Å². The predicted octanol–water partition coefficient (Wildman–Crippen LogP) is -0.216. The number of carbonyl (C=O) groups is 1. The normalized spacial score (nSPS) is 12.2. The van der Waals surface area contributed by atoms with E-state index in [4.69, 9.17) is 10.2 Å². The van der Waals surface area contributed by atoms with Gasteiger partial charge in [0.15, 0.2) is 0 Å². The van der Waals surface area contributed by atoms with Crippen LogP contribution >= 0.6 is 0 Å². The fourth-order valence-electron chi connectivity index (χ4n) is 1.20. The lowest BCUT2D eigenvalue weighted by Crippen LogP contribution is -2.33. The number of nitrogens with one attached hydrogen (secondary N) is 1. The maximum Gasteiger partial charge on any atom is 0.255 e. The Morgan fingerprint density at radius 2 is 2.19 bits per heavy atom. The molecule has 1 unspecified atom stereocenters. The van der Waals surface area contributed by atoms with E-state index in [1.54, 1.807) is 13.0 Å². The van der Waals surface area contributed by atoms with Gasteiger partial charge >= 0.3 is 0 Å². The number of aromatic hydroxyl groups is 1. The Hall–Kier alpha value is -1.59. The Labute approximate surface area is 93.4 Å². The molecule has 0 radical (unpaired) electrons. The fourth-order valence-corrected chi connectivity index (χ4v) is 1.20. The molecular weight excluding hydrogens is 210 g/mol. The summed E-state index contributed by atoms with van der Waals surface area (Å²) in [4.78, 5) is 11.5. The Morgan fingerprint density at radius 3 is 2.75 bits per heavy atom. The van der Waals surface area contributed by atoms with Crippen molar-refractivity contribution in [1.82, 2.24) is 5.32 Å². The first-order valence-electron chi connectivity index (χ1n) is 4.91. The molecule has 16 heavy (non-hydrogen) atoms. The van der Waals surface area contributed by atoms with Gasteiger partial charge in [-0.25, -0.2) is 0 Å². The molecule has 5 heteroatoms. The minimum absolute atomic E-state index is 0.0529. The van der Waals surface area contributed by atoms with Crippen LogP contribution in [0.1, 0.15) is 15.9 Å². The fraction of sp³-hybridized carbons (Fsp3) is 0.364. The molecule has 0 aliphatic rings. The summed E-state index contributed by atoms with van der Waals surface area (Å²) in [6.07, 6.45) is -0.989. The first kappa shape index (κ1) is 12.5. The summed E-state index contributed by atoms with van der Waals surface area (Å²) in [5.41, 5.74) is 1.00. The van der Waals surface area contributed by atoms with Crippen molar-refractivity contribution in [2.45, 2.75) is 13.0 Å². The van der Waals surface area contributed by atoms with E-state index in [0.717, 1.165) is 5.56 Å². The van der Waals surface area contributed by atoms with Gasteiger partial charge in [0.05, 0.1) is 18.3 Å². The average molecular weight is 225 g/mol. The number of hydrogen-bond acceptors (Lipinski definition) is 4. The molecular formula is C11H15NO4. The highest BCUT2D eigenvalue weighted by molar-refractivity contribution is 5.96. The van der Waals surface area contributed by atoms with E-state index in [9.17, 15) is 9.90 Å². The molecule has 0 saturated heterocycles. The Balaban J connectivity index is 2.66. The number of benzene rings is 1. The second-order valence-electron chi connectivity index (χ2n) is 3.57. The van der Waals surface area contributed by atoms with E-state index in [0.29, 0.717) is 0 Å². The highest BCUT2D eigenvalue weighted by Crippen LogP contribution is 2.17. The molecule has 1 aromatic rings. The zero-order valence-corrected chi connectivity index (χ0v) is 8.97. The van der Waals surface area contributed by atoms with Crippen LogP contribution in [0.2, 0.25) is 0 Å². The lowest BCUT2D eigenvalue weighted by Gasteiger charge is -2.10.